The summed E-state index contributed by atoms with van der Waals surface area (Å²) in [4.78, 5) is 27.7. The lowest BCUT2D eigenvalue weighted by molar-refractivity contribution is -0.121. The lowest BCUT2D eigenvalue weighted by Gasteiger charge is -2.31. The zero-order valence-corrected chi connectivity index (χ0v) is 19.9. The van der Waals surface area contributed by atoms with Crippen molar-refractivity contribution < 1.29 is 9.59 Å². The van der Waals surface area contributed by atoms with Gasteiger partial charge in [-0.25, -0.2) is 0 Å². The van der Waals surface area contributed by atoms with E-state index in [0.29, 0.717) is 18.9 Å². The molecule has 1 aliphatic carbocycles. The van der Waals surface area contributed by atoms with E-state index >= 15 is 0 Å². The van der Waals surface area contributed by atoms with Gasteiger partial charge >= 0.3 is 0 Å². The Morgan fingerprint density at radius 2 is 2.09 bits per heavy atom. The Hall–Kier alpha value is -2.44. The van der Waals surface area contributed by atoms with Crippen LogP contribution in [0.3, 0.4) is 0 Å². The van der Waals surface area contributed by atoms with Crippen LogP contribution in [0.2, 0.25) is 0 Å². The number of allylic oxidation sites excluding steroid dienone is 3. The molecule has 0 radical (unpaired) electrons. The molecule has 2 atom stereocenters. The average molecular weight is 439 g/mol. The van der Waals surface area contributed by atoms with E-state index in [9.17, 15) is 9.59 Å². The van der Waals surface area contributed by atoms with Crippen LogP contribution in [0.4, 0.5) is 5.69 Å². The molecular formula is C26H38N4O2. The van der Waals surface area contributed by atoms with Gasteiger partial charge in [0.1, 0.15) is 0 Å². The van der Waals surface area contributed by atoms with Crippen molar-refractivity contribution in [3.8, 4) is 0 Å². The topological polar surface area (TPSA) is 73.5 Å². The molecule has 1 aromatic rings. The van der Waals surface area contributed by atoms with Crippen LogP contribution in [0.15, 0.2) is 42.0 Å². The number of rotatable bonds is 10. The van der Waals surface area contributed by atoms with Crippen LogP contribution in [0.5, 0.6) is 0 Å². The largest absolute Gasteiger partial charge is 0.378 e. The van der Waals surface area contributed by atoms with E-state index < -0.39 is 0 Å². The van der Waals surface area contributed by atoms with Crippen LogP contribution in [0.25, 0.3) is 0 Å². The first-order valence-electron chi connectivity index (χ1n) is 11.8. The van der Waals surface area contributed by atoms with Crippen molar-refractivity contribution in [1.29, 1.82) is 0 Å². The number of likely N-dealkylation sites (N-methyl/N-ethyl adjacent to an activating group) is 1. The molecule has 0 saturated heterocycles. The van der Waals surface area contributed by atoms with Gasteiger partial charge in [0.15, 0.2) is 5.78 Å². The molecule has 1 heterocycles. The number of benzene rings is 1. The van der Waals surface area contributed by atoms with Crippen LogP contribution in [-0.2, 0) is 22.6 Å². The third kappa shape index (κ3) is 6.53. The van der Waals surface area contributed by atoms with E-state index in [1.165, 1.54) is 11.1 Å². The highest BCUT2D eigenvalue weighted by Crippen LogP contribution is 2.32. The van der Waals surface area contributed by atoms with E-state index in [2.05, 4.69) is 48.0 Å². The fourth-order valence-corrected chi connectivity index (χ4v) is 4.52. The molecule has 0 bridgehead atoms. The summed E-state index contributed by atoms with van der Waals surface area (Å²) in [5, 5.41) is 10.1. The highest BCUT2D eigenvalue weighted by molar-refractivity contribution is 5.96. The molecule has 6 nitrogen and oxygen atoms in total. The third-order valence-corrected chi connectivity index (χ3v) is 6.15. The Morgan fingerprint density at radius 1 is 1.28 bits per heavy atom. The zero-order valence-electron chi connectivity index (χ0n) is 19.9. The van der Waals surface area contributed by atoms with Gasteiger partial charge in [-0.05, 0) is 68.2 Å². The molecule has 0 fully saturated rings. The molecule has 1 amide bonds. The summed E-state index contributed by atoms with van der Waals surface area (Å²) >= 11 is 0. The number of nitrogens with zero attached hydrogens (tertiary/aromatic N) is 1. The third-order valence-electron chi connectivity index (χ3n) is 6.15. The van der Waals surface area contributed by atoms with E-state index in [4.69, 9.17) is 0 Å². The molecule has 2 unspecified atom stereocenters. The van der Waals surface area contributed by atoms with Crippen molar-refractivity contribution in [1.82, 2.24) is 15.5 Å². The van der Waals surface area contributed by atoms with Crippen LogP contribution < -0.4 is 16.0 Å². The molecule has 3 N–H and O–H groups in total. The smallest absolute Gasteiger partial charge is 0.222 e. The van der Waals surface area contributed by atoms with Gasteiger partial charge in [0.2, 0.25) is 5.91 Å². The average Bonchev–Trinajstić information content (AvgIpc) is 2.74. The Morgan fingerprint density at radius 3 is 2.84 bits per heavy atom. The minimum atomic E-state index is -0.228. The maximum Gasteiger partial charge on any atom is 0.222 e. The van der Waals surface area contributed by atoms with Crippen molar-refractivity contribution in [3.63, 3.8) is 0 Å². The van der Waals surface area contributed by atoms with E-state index in [1.807, 2.05) is 31.1 Å². The molecule has 3 rings (SSSR count). The molecule has 6 heteroatoms. The second-order valence-corrected chi connectivity index (χ2v) is 9.53. The lowest BCUT2D eigenvalue weighted by atomic mass is 9.79. The van der Waals surface area contributed by atoms with E-state index in [1.54, 1.807) is 6.08 Å². The standard InChI is InChI=1S/C26H38N4O2/c1-18(2)15-22-21(8-6-10-25(22)31)24(16-26(32)28-13-14-30(3)4)29-23-9-5-7-19-17-27-12-11-20(19)23/h5-10,18,22,24,27,29H,11-17H2,1-4H3,(H,28,32). The van der Waals surface area contributed by atoms with Crippen LogP contribution in [-0.4, -0.2) is 56.4 Å². The quantitative estimate of drug-likeness (QED) is 0.524. The summed E-state index contributed by atoms with van der Waals surface area (Å²) in [5.74, 6) is 0.342. The fourth-order valence-electron chi connectivity index (χ4n) is 4.52. The number of hydrogen-bond donors (Lipinski definition) is 3. The minimum Gasteiger partial charge on any atom is -0.378 e. The second-order valence-electron chi connectivity index (χ2n) is 9.53. The van der Waals surface area contributed by atoms with Gasteiger partial charge < -0.3 is 20.9 Å². The number of anilines is 1. The maximum atomic E-state index is 12.9. The minimum absolute atomic E-state index is 0.00187. The van der Waals surface area contributed by atoms with Gasteiger partial charge in [-0.2, -0.15) is 0 Å². The predicted molar refractivity (Wildman–Crippen MR) is 131 cm³/mol. The van der Waals surface area contributed by atoms with Gasteiger partial charge in [-0.15, -0.1) is 0 Å². The molecular weight excluding hydrogens is 400 g/mol. The molecule has 174 valence electrons. The highest BCUT2D eigenvalue weighted by atomic mass is 16.1. The van der Waals surface area contributed by atoms with Crippen molar-refractivity contribution in [2.75, 3.05) is 39.0 Å². The number of fused-ring (bicyclic) bond motifs is 1. The summed E-state index contributed by atoms with van der Waals surface area (Å²) in [6, 6.07) is 6.09. The molecule has 0 saturated carbocycles. The molecule has 1 aliphatic heterocycles. The van der Waals surface area contributed by atoms with Gasteiger partial charge in [0.05, 0.1) is 12.5 Å². The van der Waals surface area contributed by atoms with E-state index in [0.717, 1.165) is 43.7 Å². The number of nitrogens with one attached hydrogen (secondary N) is 3. The summed E-state index contributed by atoms with van der Waals surface area (Å²) in [7, 11) is 3.98. The second kappa shape index (κ2) is 11.4. The van der Waals surface area contributed by atoms with E-state index in [-0.39, 0.29) is 23.7 Å². The van der Waals surface area contributed by atoms with Crippen LogP contribution >= 0.6 is 0 Å². The molecule has 1 aromatic carbocycles. The number of carbonyl (C=O) groups is 2. The molecule has 2 aliphatic rings. The number of ketones is 1. The first kappa shape index (κ1) is 24.2. The van der Waals surface area contributed by atoms with Crippen molar-refractivity contribution in [2.24, 2.45) is 11.8 Å². The van der Waals surface area contributed by atoms with Gasteiger partial charge in [-0.3, -0.25) is 9.59 Å². The summed E-state index contributed by atoms with van der Waals surface area (Å²) in [6.07, 6.45) is 7.57. The maximum absolute atomic E-state index is 12.9. The molecule has 0 aromatic heterocycles. The number of carbonyl (C=O) groups excluding carboxylic acids is 2. The normalized spacial score (nSPS) is 19.0. The number of amides is 1. The van der Waals surface area contributed by atoms with Crippen molar-refractivity contribution in [3.05, 3.63) is 53.1 Å². The Labute approximate surface area is 192 Å². The monoisotopic (exact) mass is 438 g/mol. The first-order valence-corrected chi connectivity index (χ1v) is 11.8. The lowest BCUT2D eigenvalue weighted by Crippen LogP contribution is -2.38. The Balaban J connectivity index is 1.86. The summed E-state index contributed by atoms with van der Waals surface area (Å²) < 4.78 is 0. The number of hydrogen-bond acceptors (Lipinski definition) is 5. The van der Waals surface area contributed by atoms with Crippen LogP contribution in [0.1, 0.15) is 37.8 Å². The first-order chi connectivity index (χ1) is 15.3. The SMILES string of the molecule is CC(C)CC1C(=O)C=CC=C1C(CC(=O)NCCN(C)C)Nc1cccc2c1CCNC2. The summed E-state index contributed by atoms with van der Waals surface area (Å²) in [6.45, 7) is 7.49. The zero-order chi connectivity index (χ0) is 23.1. The van der Waals surface area contributed by atoms with Gasteiger partial charge in [0.25, 0.3) is 0 Å². The van der Waals surface area contributed by atoms with Gasteiger partial charge in [0, 0.05) is 31.2 Å². The summed E-state index contributed by atoms with van der Waals surface area (Å²) in [5.41, 5.74) is 4.69. The molecule has 0 spiro atoms. The van der Waals surface area contributed by atoms with Crippen molar-refractivity contribution >= 4 is 17.4 Å². The fraction of sp³-hybridized carbons (Fsp3) is 0.538. The highest BCUT2D eigenvalue weighted by Gasteiger charge is 2.31. The predicted octanol–water partition coefficient (Wildman–Crippen LogP) is 2.91. The van der Waals surface area contributed by atoms with Crippen LogP contribution in [0, 0.1) is 11.8 Å². The Bertz CT molecular complexity index is 873. The van der Waals surface area contributed by atoms with Gasteiger partial charge in [-0.1, -0.05) is 38.1 Å². The Kier molecular flexibility index (Phi) is 8.65. The van der Waals surface area contributed by atoms with Crippen molar-refractivity contribution in [2.45, 2.75) is 45.7 Å². The molecule has 32 heavy (non-hydrogen) atoms.